The van der Waals surface area contributed by atoms with Crippen LogP contribution in [0.1, 0.15) is 37.7 Å². The minimum Gasteiger partial charge on any atom is -0.460 e. The van der Waals surface area contributed by atoms with Gasteiger partial charge in [-0.1, -0.05) is 31.2 Å². The Morgan fingerprint density at radius 1 is 1.16 bits per heavy atom. The van der Waals surface area contributed by atoms with Crippen LogP contribution in [-0.4, -0.2) is 11.7 Å². The second-order valence-electron chi connectivity index (χ2n) is 4.74. The molecule has 0 saturated carbocycles. The summed E-state index contributed by atoms with van der Waals surface area (Å²) in [5.41, 5.74) is 1.95. The highest BCUT2D eigenvalue weighted by atomic mass is 16.3. The van der Waals surface area contributed by atoms with Crippen LogP contribution in [0.2, 0.25) is 0 Å². The molecule has 0 aliphatic heterocycles. The lowest BCUT2D eigenvalue weighted by atomic mass is 10.1. The van der Waals surface area contributed by atoms with Gasteiger partial charge in [-0.15, -0.1) is 0 Å². The SMILES string of the molecule is CCCNCc1ccc(-c2ccc([C@@H](C)O)cc2)o1. The monoisotopic (exact) mass is 259 g/mol. The zero-order valence-electron chi connectivity index (χ0n) is 11.5. The average Bonchev–Trinajstić information content (AvgIpc) is 2.88. The van der Waals surface area contributed by atoms with Crippen LogP contribution in [0.3, 0.4) is 0 Å². The van der Waals surface area contributed by atoms with Crippen LogP contribution in [0.5, 0.6) is 0 Å². The van der Waals surface area contributed by atoms with Crippen molar-refractivity contribution in [3.8, 4) is 11.3 Å². The second-order valence-corrected chi connectivity index (χ2v) is 4.74. The molecule has 0 aliphatic rings. The molecule has 2 aromatic rings. The van der Waals surface area contributed by atoms with Gasteiger partial charge in [-0.05, 0) is 37.6 Å². The Hall–Kier alpha value is -1.58. The van der Waals surface area contributed by atoms with Crippen molar-refractivity contribution in [2.45, 2.75) is 32.9 Å². The summed E-state index contributed by atoms with van der Waals surface area (Å²) in [4.78, 5) is 0. The molecule has 0 bridgehead atoms. The predicted molar refractivity (Wildman–Crippen MR) is 76.8 cm³/mol. The van der Waals surface area contributed by atoms with Gasteiger partial charge in [-0.2, -0.15) is 0 Å². The Morgan fingerprint density at radius 3 is 2.53 bits per heavy atom. The summed E-state index contributed by atoms with van der Waals surface area (Å²) in [5, 5.41) is 12.8. The van der Waals surface area contributed by atoms with Crippen LogP contribution in [0.15, 0.2) is 40.8 Å². The molecule has 19 heavy (non-hydrogen) atoms. The normalized spacial score (nSPS) is 12.6. The molecule has 1 heterocycles. The summed E-state index contributed by atoms with van der Waals surface area (Å²) in [7, 11) is 0. The van der Waals surface area contributed by atoms with E-state index in [0.717, 1.165) is 42.2 Å². The smallest absolute Gasteiger partial charge is 0.134 e. The van der Waals surface area contributed by atoms with E-state index in [1.165, 1.54) is 0 Å². The van der Waals surface area contributed by atoms with E-state index in [4.69, 9.17) is 4.42 Å². The highest BCUT2D eigenvalue weighted by Gasteiger charge is 2.06. The fraction of sp³-hybridized carbons (Fsp3) is 0.375. The van der Waals surface area contributed by atoms with Crippen molar-refractivity contribution < 1.29 is 9.52 Å². The molecule has 3 heteroatoms. The third-order valence-electron chi connectivity index (χ3n) is 3.07. The zero-order valence-corrected chi connectivity index (χ0v) is 11.5. The van der Waals surface area contributed by atoms with Gasteiger partial charge in [-0.3, -0.25) is 0 Å². The van der Waals surface area contributed by atoms with Crippen molar-refractivity contribution in [2.24, 2.45) is 0 Å². The molecule has 102 valence electrons. The number of aliphatic hydroxyl groups excluding tert-OH is 1. The third kappa shape index (κ3) is 3.69. The van der Waals surface area contributed by atoms with Crippen LogP contribution < -0.4 is 5.32 Å². The van der Waals surface area contributed by atoms with E-state index in [1.807, 2.05) is 36.4 Å². The first-order chi connectivity index (χ1) is 9.20. The highest BCUT2D eigenvalue weighted by molar-refractivity contribution is 5.58. The van der Waals surface area contributed by atoms with Crippen molar-refractivity contribution in [3.05, 3.63) is 47.7 Å². The van der Waals surface area contributed by atoms with Gasteiger partial charge in [0.2, 0.25) is 0 Å². The van der Waals surface area contributed by atoms with E-state index < -0.39 is 6.10 Å². The van der Waals surface area contributed by atoms with Gasteiger partial charge in [0.25, 0.3) is 0 Å². The lowest BCUT2D eigenvalue weighted by Crippen LogP contribution is -2.12. The summed E-state index contributed by atoms with van der Waals surface area (Å²) in [6.45, 7) is 5.67. The van der Waals surface area contributed by atoms with Gasteiger partial charge < -0.3 is 14.8 Å². The van der Waals surface area contributed by atoms with Gasteiger partial charge in [0.15, 0.2) is 0 Å². The van der Waals surface area contributed by atoms with Crippen LogP contribution in [0, 0.1) is 0 Å². The van der Waals surface area contributed by atoms with E-state index in [0.29, 0.717) is 0 Å². The molecular weight excluding hydrogens is 238 g/mol. The average molecular weight is 259 g/mol. The van der Waals surface area contributed by atoms with Gasteiger partial charge >= 0.3 is 0 Å². The molecule has 1 aromatic heterocycles. The maximum absolute atomic E-state index is 9.48. The summed E-state index contributed by atoms with van der Waals surface area (Å²) < 4.78 is 5.79. The van der Waals surface area contributed by atoms with Crippen molar-refractivity contribution >= 4 is 0 Å². The fourth-order valence-electron chi connectivity index (χ4n) is 1.94. The van der Waals surface area contributed by atoms with Crippen molar-refractivity contribution in [2.75, 3.05) is 6.54 Å². The molecule has 1 atom stereocenters. The third-order valence-corrected chi connectivity index (χ3v) is 3.07. The summed E-state index contributed by atoms with van der Waals surface area (Å²) in [6.07, 6.45) is 0.688. The topological polar surface area (TPSA) is 45.4 Å². The number of aliphatic hydroxyl groups is 1. The van der Waals surface area contributed by atoms with E-state index in [1.54, 1.807) is 6.92 Å². The first kappa shape index (κ1) is 13.8. The molecule has 0 spiro atoms. The zero-order chi connectivity index (χ0) is 13.7. The molecule has 0 amide bonds. The van der Waals surface area contributed by atoms with Crippen LogP contribution in [0.25, 0.3) is 11.3 Å². The summed E-state index contributed by atoms with van der Waals surface area (Å²) >= 11 is 0. The van der Waals surface area contributed by atoms with E-state index >= 15 is 0 Å². The van der Waals surface area contributed by atoms with Crippen molar-refractivity contribution in [1.82, 2.24) is 5.32 Å². The lowest BCUT2D eigenvalue weighted by Gasteiger charge is -2.05. The van der Waals surface area contributed by atoms with E-state index in [-0.39, 0.29) is 0 Å². The highest BCUT2D eigenvalue weighted by Crippen LogP contribution is 2.24. The maximum atomic E-state index is 9.48. The Labute approximate surface area is 114 Å². The van der Waals surface area contributed by atoms with Gasteiger partial charge in [0.1, 0.15) is 11.5 Å². The number of furan rings is 1. The summed E-state index contributed by atoms with van der Waals surface area (Å²) in [6, 6.07) is 11.8. The molecule has 1 aromatic carbocycles. The molecular formula is C16H21NO2. The number of benzene rings is 1. The Kier molecular flexibility index (Phi) is 4.77. The Morgan fingerprint density at radius 2 is 1.89 bits per heavy atom. The van der Waals surface area contributed by atoms with E-state index in [2.05, 4.69) is 12.2 Å². The molecule has 3 nitrogen and oxygen atoms in total. The van der Waals surface area contributed by atoms with Crippen molar-refractivity contribution in [1.29, 1.82) is 0 Å². The first-order valence-electron chi connectivity index (χ1n) is 6.78. The number of hydrogen-bond acceptors (Lipinski definition) is 3. The predicted octanol–water partition coefficient (Wildman–Crippen LogP) is 3.50. The standard InChI is InChI=1S/C16H21NO2/c1-3-10-17-11-15-8-9-16(19-15)14-6-4-13(5-7-14)12(2)18/h4-9,12,17-18H,3,10-11H2,1-2H3/t12-/m1/s1. The number of nitrogens with one attached hydrogen (secondary N) is 1. The Bertz CT molecular complexity index is 500. The molecule has 2 N–H and O–H groups in total. The molecule has 0 fully saturated rings. The molecule has 0 unspecified atom stereocenters. The largest absolute Gasteiger partial charge is 0.460 e. The van der Waals surface area contributed by atoms with E-state index in [9.17, 15) is 5.11 Å². The van der Waals surface area contributed by atoms with Gasteiger partial charge in [-0.25, -0.2) is 0 Å². The van der Waals surface area contributed by atoms with Crippen LogP contribution >= 0.6 is 0 Å². The second kappa shape index (κ2) is 6.55. The van der Waals surface area contributed by atoms with Crippen LogP contribution in [0.4, 0.5) is 0 Å². The number of rotatable bonds is 6. The summed E-state index contributed by atoms with van der Waals surface area (Å²) in [5.74, 6) is 1.81. The molecule has 0 aliphatic carbocycles. The Balaban J connectivity index is 2.05. The van der Waals surface area contributed by atoms with Gasteiger partial charge in [0, 0.05) is 5.56 Å². The lowest BCUT2D eigenvalue weighted by molar-refractivity contribution is 0.199. The maximum Gasteiger partial charge on any atom is 0.134 e. The quantitative estimate of drug-likeness (QED) is 0.780. The number of hydrogen-bond donors (Lipinski definition) is 2. The van der Waals surface area contributed by atoms with Crippen molar-refractivity contribution in [3.63, 3.8) is 0 Å². The minimum absolute atomic E-state index is 0.431. The first-order valence-corrected chi connectivity index (χ1v) is 6.78. The molecule has 0 radical (unpaired) electrons. The molecule has 2 rings (SSSR count). The molecule has 0 saturated heterocycles. The fourth-order valence-corrected chi connectivity index (χ4v) is 1.94. The minimum atomic E-state index is -0.431. The van der Waals surface area contributed by atoms with Crippen LogP contribution in [-0.2, 0) is 6.54 Å². The van der Waals surface area contributed by atoms with Gasteiger partial charge in [0.05, 0.1) is 12.6 Å².